The van der Waals surface area contributed by atoms with Gasteiger partial charge in [-0.1, -0.05) is 134 Å². The van der Waals surface area contributed by atoms with E-state index in [1.165, 1.54) is 49.7 Å². The van der Waals surface area contributed by atoms with E-state index in [9.17, 15) is 0 Å². The summed E-state index contributed by atoms with van der Waals surface area (Å²) in [4.78, 5) is 0. The van der Waals surface area contributed by atoms with Crippen LogP contribution in [0.3, 0.4) is 0 Å². The van der Waals surface area contributed by atoms with Gasteiger partial charge in [-0.25, -0.2) is 0 Å². The van der Waals surface area contributed by atoms with Gasteiger partial charge in [-0.05, 0) is 58.0 Å². The molecule has 0 N–H and O–H groups in total. The summed E-state index contributed by atoms with van der Waals surface area (Å²) in [5, 5.41) is 4.84. The van der Waals surface area contributed by atoms with Crippen molar-refractivity contribution in [1.29, 1.82) is 0 Å². The fourth-order valence-electron chi connectivity index (χ4n) is 8.04. The predicted molar refractivity (Wildman–Crippen MR) is 190 cm³/mol. The molecule has 2 aliphatic carbocycles. The molecule has 0 bridgehead atoms. The zero-order valence-electron chi connectivity index (χ0n) is 25.2. The predicted octanol–water partition coefficient (Wildman–Crippen LogP) is 12.2. The third-order valence-corrected chi connectivity index (χ3v) is 10.2. The fraction of sp³-hybridized carbons (Fsp3) is 0.0909. The smallest absolute Gasteiger partial charge is 0.143 e. The number of hydrogen-bond acceptors (Lipinski definition) is 2. The van der Waals surface area contributed by atoms with Crippen LogP contribution in [0, 0.1) is 0 Å². The van der Waals surface area contributed by atoms with Crippen LogP contribution in [0.5, 0.6) is 11.5 Å². The van der Waals surface area contributed by atoms with Gasteiger partial charge in [0.2, 0.25) is 0 Å². The van der Waals surface area contributed by atoms with Crippen LogP contribution < -0.4 is 4.74 Å². The molecule has 6 aromatic carbocycles. The minimum Gasteiger partial charge on any atom is -0.456 e. The first-order valence-corrected chi connectivity index (χ1v) is 16.2. The van der Waals surface area contributed by atoms with E-state index in [-0.39, 0.29) is 5.92 Å². The van der Waals surface area contributed by atoms with Crippen LogP contribution in [-0.2, 0) is 0 Å². The number of para-hydroxylation sites is 3. The van der Waals surface area contributed by atoms with Gasteiger partial charge >= 0.3 is 0 Å². The van der Waals surface area contributed by atoms with Gasteiger partial charge in [0.05, 0.1) is 0 Å². The number of allylic oxidation sites excluding steroid dienone is 5. The van der Waals surface area contributed by atoms with Gasteiger partial charge in [0.15, 0.2) is 0 Å². The molecule has 0 radical (unpaired) electrons. The van der Waals surface area contributed by atoms with Gasteiger partial charge in [0.1, 0.15) is 22.7 Å². The summed E-state index contributed by atoms with van der Waals surface area (Å²) < 4.78 is 13.3. The van der Waals surface area contributed by atoms with Crippen LogP contribution in [0.25, 0.3) is 55.5 Å². The minimum absolute atomic E-state index is 0.259. The Morgan fingerprint density at radius 3 is 2.50 bits per heavy atom. The van der Waals surface area contributed by atoms with E-state index < -0.39 is 0 Å². The van der Waals surface area contributed by atoms with Crippen molar-refractivity contribution in [3.05, 3.63) is 167 Å². The van der Waals surface area contributed by atoms with E-state index in [0.717, 1.165) is 51.8 Å². The molecule has 10 rings (SSSR count). The molecule has 3 aliphatic rings. The van der Waals surface area contributed by atoms with Gasteiger partial charge in [0, 0.05) is 44.9 Å². The molecule has 2 atom stereocenters. The lowest BCUT2D eigenvalue weighted by Gasteiger charge is -2.34. The Balaban J connectivity index is 1.01. The number of rotatable bonds is 3. The molecule has 7 aromatic rings. The highest BCUT2D eigenvalue weighted by molar-refractivity contribution is 6.09. The van der Waals surface area contributed by atoms with Crippen LogP contribution in [0.4, 0.5) is 0 Å². The second kappa shape index (κ2) is 9.95. The third-order valence-electron chi connectivity index (χ3n) is 10.2. The van der Waals surface area contributed by atoms with Crippen LogP contribution >= 0.6 is 0 Å². The number of hydrogen-bond donors (Lipinski definition) is 0. The third kappa shape index (κ3) is 3.83. The zero-order valence-corrected chi connectivity index (χ0v) is 25.2. The highest BCUT2D eigenvalue weighted by Crippen LogP contribution is 2.54. The van der Waals surface area contributed by atoms with Crippen molar-refractivity contribution in [3.8, 4) is 22.6 Å². The first kappa shape index (κ1) is 25.7. The molecular weight excluding hydrogens is 560 g/mol. The molecule has 0 saturated heterocycles. The van der Waals surface area contributed by atoms with Crippen molar-refractivity contribution in [2.45, 2.75) is 24.7 Å². The maximum atomic E-state index is 6.89. The fourth-order valence-corrected chi connectivity index (χ4v) is 8.04. The summed E-state index contributed by atoms with van der Waals surface area (Å²) in [5.74, 6) is 2.58. The maximum absolute atomic E-state index is 6.89. The van der Waals surface area contributed by atoms with Gasteiger partial charge in [-0.3, -0.25) is 0 Å². The quantitative estimate of drug-likeness (QED) is 0.204. The summed E-state index contributed by atoms with van der Waals surface area (Å²) in [6.45, 7) is 0. The molecular formula is C44H30O2. The van der Waals surface area contributed by atoms with Gasteiger partial charge < -0.3 is 9.15 Å². The Kier molecular flexibility index (Phi) is 5.56. The number of benzene rings is 6. The average Bonchev–Trinajstić information content (AvgIpc) is 3.51. The summed E-state index contributed by atoms with van der Waals surface area (Å²) in [6, 6.07) is 41.4. The lowest BCUT2D eigenvalue weighted by atomic mass is 9.76. The molecule has 0 saturated carbocycles. The van der Waals surface area contributed by atoms with E-state index in [1.54, 1.807) is 0 Å². The summed E-state index contributed by atoms with van der Waals surface area (Å²) in [7, 11) is 0. The normalized spacial score (nSPS) is 18.0. The van der Waals surface area contributed by atoms with E-state index in [4.69, 9.17) is 9.15 Å². The van der Waals surface area contributed by atoms with Crippen molar-refractivity contribution < 1.29 is 9.15 Å². The second-order valence-electron chi connectivity index (χ2n) is 12.7. The van der Waals surface area contributed by atoms with Crippen molar-refractivity contribution >= 4 is 44.4 Å². The Hall–Kier alpha value is -5.60. The molecule has 2 unspecified atom stereocenters. The standard InChI is InChI=1S/C44H30O2/c1-2-15-32-31(10-1)26-41-42-36(32)19-9-20-37(42)39-22-8-18-34(44(39)46-41)30-14-6-12-28(25-30)27-11-5-13-29(24-27)33-17-7-21-38-35-16-3-4-23-40(35)45-43(33)38/h1-19,21-24,26,28,37H,20,25H2. The van der Waals surface area contributed by atoms with Crippen LogP contribution in [0.15, 0.2) is 144 Å². The lowest BCUT2D eigenvalue weighted by molar-refractivity contribution is 0.444. The monoisotopic (exact) mass is 590 g/mol. The van der Waals surface area contributed by atoms with E-state index in [1.807, 2.05) is 12.1 Å². The highest BCUT2D eigenvalue weighted by Gasteiger charge is 2.33. The van der Waals surface area contributed by atoms with Crippen molar-refractivity contribution in [3.63, 3.8) is 0 Å². The van der Waals surface area contributed by atoms with Crippen molar-refractivity contribution in [1.82, 2.24) is 0 Å². The molecule has 0 fully saturated rings. The van der Waals surface area contributed by atoms with E-state index in [2.05, 4.69) is 134 Å². The van der Waals surface area contributed by atoms with Crippen molar-refractivity contribution in [2.24, 2.45) is 0 Å². The molecule has 46 heavy (non-hydrogen) atoms. The zero-order chi connectivity index (χ0) is 30.2. The molecule has 0 amide bonds. The van der Waals surface area contributed by atoms with Crippen LogP contribution in [0.2, 0.25) is 0 Å². The van der Waals surface area contributed by atoms with Gasteiger partial charge in [0.25, 0.3) is 0 Å². The molecule has 2 heterocycles. The topological polar surface area (TPSA) is 22.4 Å². The first-order valence-electron chi connectivity index (χ1n) is 16.2. The molecule has 0 spiro atoms. The van der Waals surface area contributed by atoms with Gasteiger partial charge in [-0.15, -0.1) is 0 Å². The van der Waals surface area contributed by atoms with Gasteiger partial charge in [-0.2, -0.15) is 0 Å². The molecule has 218 valence electrons. The highest BCUT2D eigenvalue weighted by atomic mass is 16.5. The molecule has 2 nitrogen and oxygen atoms in total. The van der Waals surface area contributed by atoms with Crippen LogP contribution in [0.1, 0.15) is 52.5 Å². The van der Waals surface area contributed by atoms with Crippen molar-refractivity contribution in [2.75, 3.05) is 0 Å². The summed E-state index contributed by atoms with van der Waals surface area (Å²) >= 11 is 0. The molecule has 2 heteroatoms. The number of furan rings is 1. The Morgan fingerprint density at radius 2 is 1.52 bits per heavy atom. The SMILES string of the molecule is C1=CC(c2cccc(-c3cccc4c3oc3ccccc34)c2)CC(c2cccc3c2Oc2cc4ccccc4c4c2C3CC=C4)=C1. The Labute approximate surface area is 267 Å². The Morgan fingerprint density at radius 1 is 0.696 bits per heavy atom. The summed E-state index contributed by atoms with van der Waals surface area (Å²) in [6.07, 6.45) is 13.4. The average molecular weight is 591 g/mol. The maximum Gasteiger partial charge on any atom is 0.143 e. The lowest BCUT2D eigenvalue weighted by Crippen LogP contribution is -2.15. The second-order valence-corrected chi connectivity index (χ2v) is 12.7. The largest absolute Gasteiger partial charge is 0.456 e. The minimum atomic E-state index is 0.259. The van der Waals surface area contributed by atoms with Crippen LogP contribution in [-0.4, -0.2) is 0 Å². The number of ether oxygens (including phenoxy) is 1. The summed E-state index contributed by atoms with van der Waals surface area (Å²) in [5.41, 5.74) is 11.9. The Bertz CT molecular complexity index is 2470. The van der Waals surface area contributed by atoms with E-state index >= 15 is 0 Å². The van der Waals surface area contributed by atoms with E-state index in [0.29, 0.717) is 5.92 Å². The molecule has 1 aromatic heterocycles. The number of fused-ring (bicyclic) bond motifs is 7. The molecule has 1 aliphatic heterocycles. The first-order chi connectivity index (χ1) is 22.8.